The highest BCUT2D eigenvalue weighted by Gasteiger charge is 2.29. The molecule has 0 bridgehead atoms. The number of halogens is 1. The van der Waals surface area contributed by atoms with Crippen LogP contribution in [0.2, 0.25) is 5.28 Å². The Morgan fingerprint density at radius 2 is 1.95 bits per heavy atom. The third-order valence-electron chi connectivity index (χ3n) is 3.89. The lowest BCUT2D eigenvalue weighted by Gasteiger charge is -2.34. The Bertz CT molecular complexity index is 523. The number of hydrogen-bond acceptors (Lipinski definition) is 5. The number of nitrogens with zero attached hydrogens (tertiary/aromatic N) is 3. The molecule has 0 atom stereocenters. The number of hydrogen-bond donors (Lipinski definition) is 1. The number of aromatic nitrogens is 2. The molecule has 1 aliphatic carbocycles. The van der Waals surface area contributed by atoms with Gasteiger partial charge in [0.2, 0.25) is 11.1 Å². The molecule has 2 rings (SSSR count). The summed E-state index contributed by atoms with van der Waals surface area (Å²) in [6, 6.07) is 0.201. The van der Waals surface area contributed by atoms with Crippen molar-refractivity contribution in [2.45, 2.75) is 52.5 Å². The summed E-state index contributed by atoms with van der Waals surface area (Å²) in [6.07, 6.45) is 4.14. The van der Waals surface area contributed by atoms with Gasteiger partial charge in [-0.25, -0.2) is 4.98 Å². The summed E-state index contributed by atoms with van der Waals surface area (Å²) >= 11 is 5.80. The lowest BCUT2D eigenvalue weighted by atomic mass is 9.75. The van der Waals surface area contributed by atoms with Crippen LogP contribution in [0.3, 0.4) is 0 Å². The number of rotatable bonds is 3. The molecule has 0 amide bonds. The molecule has 20 heavy (non-hydrogen) atoms. The molecule has 0 spiro atoms. The standard InChI is InChI=1S/C13H19ClN4O2/c1-8-10(18(19)20)11(17-12(14)15-8)16-9-4-6-13(2,3)7-5-9/h9H,4-7H2,1-3H3,(H,15,16,17). The van der Waals surface area contributed by atoms with E-state index in [1.54, 1.807) is 6.92 Å². The minimum Gasteiger partial charge on any atom is -0.361 e. The van der Waals surface area contributed by atoms with E-state index in [9.17, 15) is 10.1 Å². The van der Waals surface area contributed by atoms with Gasteiger partial charge in [0.25, 0.3) is 0 Å². The van der Waals surface area contributed by atoms with Crippen LogP contribution < -0.4 is 5.32 Å². The number of anilines is 1. The topological polar surface area (TPSA) is 81.0 Å². The van der Waals surface area contributed by atoms with E-state index in [0.717, 1.165) is 25.7 Å². The average molecular weight is 299 g/mol. The van der Waals surface area contributed by atoms with E-state index in [1.165, 1.54) is 0 Å². The first-order chi connectivity index (χ1) is 9.28. The Labute approximate surface area is 123 Å². The second-order valence-electron chi connectivity index (χ2n) is 6.12. The molecule has 1 aliphatic rings. The largest absolute Gasteiger partial charge is 0.361 e. The Balaban J connectivity index is 2.19. The van der Waals surface area contributed by atoms with Crippen LogP contribution in [0.1, 0.15) is 45.2 Å². The molecule has 1 fully saturated rings. The van der Waals surface area contributed by atoms with Gasteiger partial charge >= 0.3 is 5.69 Å². The molecular weight excluding hydrogens is 280 g/mol. The van der Waals surface area contributed by atoms with Crippen molar-refractivity contribution in [3.63, 3.8) is 0 Å². The van der Waals surface area contributed by atoms with Crippen LogP contribution in [0, 0.1) is 22.5 Å². The molecule has 1 heterocycles. The molecule has 0 saturated heterocycles. The van der Waals surface area contributed by atoms with Crippen LogP contribution in [0.5, 0.6) is 0 Å². The van der Waals surface area contributed by atoms with Crippen LogP contribution >= 0.6 is 11.6 Å². The lowest BCUT2D eigenvalue weighted by Crippen LogP contribution is -2.30. The Kier molecular flexibility index (Phi) is 4.13. The Hall–Kier alpha value is -1.43. The monoisotopic (exact) mass is 298 g/mol. The van der Waals surface area contributed by atoms with Gasteiger partial charge in [0.05, 0.1) is 4.92 Å². The first kappa shape index (κ1) is 15.0. The van der Waals surface area contributed by atoms with Gasteiger partial charge < -0.3 is 5.32 Å². The normalized spacial score (nSPS) is 18.8. The summed E-state index contributed by atoms with van der Waals surface area (Å²) < 4.78 is 0. The van der Waals surface area contributed by atoms with Gasteiger partial charge in [-0.15, -0.1) is 0 Å². The predicted molar refractivity (Wildman–Crippen MR) is 78.1 cm³/mol. The summed E-state index contributed by atoms with van der Waals surface area (Å²) in [6.45, 7) is 6.07. The highest BCUT2D eigenvalue weighted by Crippen LogP contribution is 2.37. The zero-order chi connectivity index (χ0) is 14.9. The minimum atomic E-state index is -0.458. The molecule has 6 nitrogen and oxygen atoms in total. The van der Waals surface area contributed by atoms with Crippen LogP contribution in [-0.2, 0) is 0 Å². The van der Waals surface area contributed by atoms with E-state index in [4.69, 9.17) is 11.6 Å². The van der Waals surface area contributed by atoms with Crippen LogP contribution in [0.25, 0.3) is 0 Å². The fourth-order valence-corrected chi connectivity index (χ4v) is 2.80. The Morgan fingerprint density at radius 3 is 2.50 bits per heavy atom. The maximum Gasteiger partial charge on any atom is 0.332 e. The summed E-state index contributed by atoms with van der Waals surface area (Å²) in [5.74, 6) is 0.234. The SMILES string of the molecule is Cc1nc(Cl)nc(NC2CCC(C)(C)CC2)c1[N+](=O)[O-]. The molecule has 1 aromatic rings. The second kappa shape index (κ2) is 5.52. The van der Waals surface area contributed by atoms with Crippen LogP contribution in [0.4, 0.5) is 11.5 Å². The molecule has 0 aliphatic heterocycles. The van der Waals surface area contributed by atoms with Crippen LogP contribution in [0.15, 0.2) is 0 Å². The van der Waals surface area contributed by atoms with E-state index in [1.807, 2.05) is 0 Å². The van der Waals surface area contributed by atoms with Gasteiger partial charge in [-0.1, -0.05) is 13.8 Å². The molecule has 0 radical (unpaired) electrons. The first-order valence-corrected chi connectivity index (χ1v) is 7.11. The highest BCUT2D eigenvalue weighted by molar-refractivity contribution is 6.28. The van der Waals surface area contributed by atoms with Gasteiger partial charge in [-0.05, 0) is 49.6 Å². The van der Waals surface area contributed by atoms with Crippen molar-refractivity contribution in [1.29, 1.82) is 0 Å². The predicted octanol–water partition coefficient (Wildman–Crippen LogP) is 3.73. The second-order valence-corrected chi connectivity index (χ2v) is 6.45. The molecule has 1 N–H and O–H groups in total. The molecule has 0 aromatic carbocycles. The molecule has 7 heteroatoms. The van der Waals surface area contributed by atoms with E-state index in [0.29, 0.717) is 5.41 Å². The number of nitrogens with one attached hydrogen (secondary N) is 1. The van der Waals surface area contributed by atoms with Gasteiger partial charge in [0, 0.05) is 6.04 Å². The molecule has 1 aromatic heterocycles. The zero-order valence-corrected chi connectivity index (χ0v) is 12.7. The summed E-state index contributed by atoms with van der Waals surface area (Å²) in [5.41, 5.74) is 0.552. The smallest absolute Gasteiger partial charge is 0.332 e. The third-order valence-corrected chi connectivity index (χ3v) is 4.06. The molecule has 0 unspecified atom stereocenters. The third kappa shape index (κ3) is 3.36. The summed E-state index contributed by atoms with van der Waals surface area (Å²) in [7, 11) is 0. The van der Waals surface area contributed by atoms with Crippen molar-refractivity contribution in [2.75, 3.05) is 5.32 Å². The highest BCUT2D eigenvalue weighted by atomic mass is 35.5. The van der Waals surface area contributed by atoms with Crippen molar-refractivity contribution in [3.8, 4) is 0 Å². The maximum absolute atomic E-state index is 11.1. The molecule has 110 valence electrons. The van der Waals surface area contributed by atoms with Crippen LogP contribution in [-0.4, -0.2) is 20.9 Å². The summed E-state index contributed by atoms with van der Waals surface area (Å²) in [4.78, 5) is 18.5. The van der Waals surface area contributed by atoms with Gasteiger partial charge in [-0.3, -0.25) is 10.1 Å². The van der Waals surface area contributed by atoms with Crippen molar-refractivity contribution >= 4 is 23.1 Å². The summed E-state index contributed by atoms with van der Waals surface area (Å²) in [5, 5.41) is 14.3. The zero-order valence-electron chi connectivity index (χ0n) is 11.9. The Morgan fingerprint density at radius 1 is 1.35 bits per heavy atom. The minimum absolute atomic E-state index is 0.0340. The van der Waals surface area contributed by atoms with Gasteiger partial charge in [0.1, 0.15) is 5.69 Å². The van der Waals surface area contributed by atoms with E-state index < -0.39 is 4.92 Å². The van der Waals surface area contributed by atoms with Crippen molar-refractivity contribution in [1.82, 2.24) is 9.97 Å². The van der Waals surface area contributed by atoms with Crippen molar-refractivity contribution < 1.29 is 4.92 Å². The van der Waals surface area contributed by atoms with E-state index >= 15 is 0 Å². The lowest BCUT2D eigenvalue weighted by molar-refractivity contribution is -0.385. The maximum atomic E-state index is 11.1. The van der Waals surface area contributed by atoms with Gasteiger partial charge in [-0.2, -0.15) is 4.98 Å². The fourth-order valence-electron chi connectivity index (χ4n) is 2.59. The average Bonchev–Trinajstić information content (AvgIpc) is 2.30. The van der Waals surface area contributed by atoms with Crippen molar-refractivity contribution in [2.24, 2.45) is 5.41 Å². The molecule has 1 saturated carbocycles. The van der Waals surface area contributed by atoms with E-state index in [-0.39, 0.29) is 28.5 Å². The van der Waals surface area contributed by atoms with Crippen molar-refractivity contribution in [3.05, 3.63) is 21.1 Å². The number of nitro groups is 1. The fraction of sp³-hybridized carbons (Fsp3) is 0.692. The first-order valence-electron chi connectivity index (χ1n) is 6.73. The van der Waals surface area contributed by atoms with E-state index in [2.05, 4.69) is 29.1 Å². The molecular formula is C13H19ClN4O2. The van der Waals surface area contributed by atoms with Gasteiger partial charge in [0.15, 0.2) is 0 Å². The quantitative estimate of drug-likeness (QED) is 0.522. The number of aryl methyl sites for hydroxylation is 1.